The van der Waals surface area contributed by atoms with Gasteiger partial charge in [-0.05, 0) is 18.1 Å². The maximum absolute atomic E-state index is 11.8. The number of nitrogens with one attached hydrogen (secondary N) is 1. The molecule has 2 aromatic rings. The molecule has 2 aromatic heterocycles. The van der Waals surface area contributed by atoms with Crippen molar-refractivity contribution in [2.24, 2.45) is 0 Å². The van der Waals surface area contributed by atoms with E-state index in [4.69, 9.17) is 11.6 Å². The van der Waals surface area contributed by atoms with E-state index in [0.717, 1.165) is 0 Å². The molecule has 6 heteroatoms. The minimum Gasteiger partial charge on any atom is -0.493 e. The van der Waals surface area contributed by atoms with Gasteiger partial charge in [0.05, 0.1) is 10.6 Å². The third-order valence-electron chi connectivity index (χ3n) is 2.48. The standard InChI is InChI=1S/C12H12ClN3O2/c1-6(2)9-11(17)15-10(16-12(9)18)8-4-3-7(13)5-14-8/h3-6H,1-2H3,(H2,15,16,17,18). The maximum Gasteiger partial charge on any atom is 0.258 e. The number of aromatic nitrogens is 3. The van der Waals surface area contributed by atoms with Gasteiger partial charge in [0.15, 0.2) is 5.82 Å². The van der Waals surface area contributed by atoms with Crippen LogP contribution in [0.3, 0.4) is 0 Å². The van der Waals surface area contributed by atoms with Gasteiger partial charge in [-0.25, -0.2) is 0 Å². The quantitative estimate of drug-likeness (QED) is 0.873. The zero-order chi connectivity index (χ0) is 13.3. The molecule has 0 saturated heterocycles. The SMILES string of the molecule is CC(C)c1c(O)nc(-c2ccc(Cl)cn2)[nH]c1=O. The second-order valence-corrected chi connectivity index (χ2v) is 4.60. The third kappa shape index (κ3) is 2.36. The molecule has 0 fully saturated rings. The highest BCUT2D eigenvalue weighted by atomic mass is 35.5. The zero-order valence-electron chi connectivity index (χ0n) is 9.94. The van der Waals surface area contributed by atoms with Crippen LogP contribution in [0, 0.1) is 0 Å². The van der Waals surface area contributed by atoms with Crippen molar-refractivity contribution in [3.8, 4) is 17.4 Å². The van der Waals surface area contributed by atoms with Gasteiger partial charge in [0.2, 0.25) is 5.88 Å². The molecule has 0 aliphatic heterocycles. The Morgan fingerprint density at radius 1 is 1.39 bits per heavy atom. The van der Waals surface area contributed by atoms with Crippen LogP contribution in [-0.4, -0.2) is 20.1 Å². The van der Waals surface area contributed by atoms with Crippen molar-refractivity contribution in [1.29, 1.82) is 0 Å². The van der Waals surface area contributed by atoms with Crippen LogP contribution in [0.5, 0.6) is 5.88 Å². The molecule has 2 rings (SSSR count). The number of hydrogen-bond donors (Lipinski definition) is 2. The Bertz CT molecular complexity index is 620. The van der Waals surface area contributed by atoms with E-state index in [0.29, 0.717) is 10.7 Å². The second kappa shape index (κ2) is 4.78. The van der Waals surface area contributed by atoms with E-state index >= 15 is 0 Å². The lowest BCUT2D eigenvalue weighted by atomic mass is 10.1. The molecular formula is C12H12ClN3O2. The second-order valence-electron chi connectivity index (χ2n) is 4.17. The van der Waals surface area contributed by atoms with E-state index in [1.165, 1.54) is 6.20 Å². The van der Waals surface area contributed by atoms with Gasteiger partial charge in [0.25, 0.3) is 5.56 Å². The predicted octanol–water partition coefficient (Wildman–Crippen LogP) is 2.31. The van der Waals surface area contributed by atoms with Crippen LogP contribution >= 0.6 is 11.6 Å². The van der Waals surface area contributed by atoms with Gasteiger partial charge in [-0.2, -0.15) is 4.98 Å². The van der Waals surface area contributed by atoms with Gasteiger partial charge in [-0.3, -0.25) is 9.78 Å². The van der Waals surface area contributed by atoms with Crippen LogP contribution in [0.2, 0.25) is 5.02 Å². The Labute approximate surface area is 109 Å². The van der Waals surface area contributed by atoms with Crippen LogP contribution in [0.1, 0.15) is 25.3 Å². The van der Waals surface area contributed by atoms with E-state index in [1.54, 1.807) is 12.1 Å². The van der Waals surface area contributed by atoms with Crippen molar-refractivity contribution >= 4 is 11.6 Å². The lowest BCUT2D eigenvalue weighted by molar-refractivity contribution is 0.440. The Kier molecular flexibility index (Phi) is 3.34. The predicted molar refractivity (Wildman–Crippen MR) is 68.9 cm³/mol. The molecule has 0 amide bonds. The lowest BCUT2D eigenvalue weighted by Crippen LogP contribution is -2.16. The molecule has 0 radical (unpaired) electrons. The first-order valence-electron chi connectivity index (χ1n) is 5.44. The summed E-state index contributed by atoms with van der Waals surface area (Å²) in [6, 6.07) is 3.26. The summed E-state index contributed by atoms with van der Waals surface area (Å²) >= 11 is 5.72. The average molecular weight is 266 g/mol. The number of aromatic amines is 1. The Morgan fingerprint density at radius 3 is 2.61 bits per heavy atom. The van der Waals surface area contributed by atoms with E-state index < -0.39 is 0 Å². The van der Waals surface area contributed by atoms with Crippen molar-refractivity contribution < 1.29 is 5.11 Å². The summed E-state index contributed by atoms with van der Waals surface area (Å²) in [5.74, 6) is -0.146. The van der Waals surface area contributed by atoms with Crippen molar-refractivity contribution in [2.75, 3.05) is 0 Å². The molecule has 94 valence electrons. The van der Waals surface area contributed by atoms with Crippen LogP contribution in [0.15, 0.2) is 23.1 Å². The van der Waals surface area contributed by atoms with Crippen LogP contribution in [0.4, 0.5) is 0 Å². The van der Waals surface area contributed by atoms with Gasteiger partial charge in [-0.1, -0.05) is 25.4 Å². The van der Waals surface area contributed by atoms with Gasteiger partial charge >= 0.3 is 0 Å². The fourth-order valence-corrected chi connectivity index (χ4v) is 1.74. The first kappa shape index (κ1) is 12.6. The minimum absolute atomic E-state index is 0.103. The summed E-state index contributed by atoms with van der Waals surface area (Å²) in [5, 5.41) is 10.3. The highest BCUT2D eigenvalue weighted by Crippen LogP contribution is 2.21. The molecule has 2 heterocycles. The molecule has 18 heavy (non-hydrogen) atoms. The summed E-state index contributed by atoms with van der Waals surface area (Å²) in [4.78, 5) is 22.4. The summed E-state index contributed by atoms with van der Waals surface area (Å²) in [6.45, 7) is 3.62. The normalized spacial score (nSPS) is 10.9. The molecule has 5 nitrogen and oxygen atoms in total. The molecular weight excluding hydrogens is 254 g/mol. The van der Waals surface area contributed by atoms with Crippen molar-refractivity contribution in [3.63, 3.8) is 0 Å². The van der Waals surface area contributed by atoms with Crippen LogP contribution < -0.4 is 5.56 Å². The van der Waals surface area contributed by atoms with Gasteiger partial charge < -0.3 is 10.1 Å². The number of pyridine rings is 1. The molecule has 0 unspecified atom stereocenters. The number of halogens is 1. The molecule has 0 saturated carbocycles. The number of aromatic hydroxyl groups is 1. The van der Waals surface area contributed by atoms with E-state index in [-0.39, 0.29) is 28.7 Å². The number of H-pyrrole nitrogens is 1. The summed E-state index contributed by atoms with van der Waals surface area (Å²) in [6.07, 6.45) is 1.45. The highest BCUT2D eigenvalue weighted by Gasteiger charge is 2.15. The van der Waals surface area contributed by atoms with Gasteiger partial charge in [-0.15, -0.1) is 0 Å². The van der Waals surface area contributed by atoms with E-state index in [1.807, 2.05) is 13.8 Å². The van der Waals surface area contributed by atoms with Crippen molar-refractivity contribution in [1.82, 2.24) is 15.0 Å². The molecule has 0 aliphatic carbocycles. The van der Waals surface area contributed by atoms with Crippen molar-refractivity contribution in [3.05, 3.63) is 39.3 Å². The molecule has 0 aromatic carbocycles. The molecule has 0 spiro atoms. The lowest BCUT2D eigenvalue weighted by Gasteiger charge is -2.07. The fourth-order valence-electron chi connectivity index (χ4n) is 1.63. The smallest absolute Gasteiger partial charge is 0.258 e. The average Bonchev–Trinajstić information content (AvgIpc) is 2.28. The van der Waals surface area contributed by atoms with E-state index in [9.17, 15) is 9.90 Å². The van der Waals surface area contributed by atoms with E-state index in [2.05, 4.69) is 15.0 Å². The monoisotopic (exact) mass is 265 g/mol. The first-order valence-corrected chi connectivity index (χ1v) is 5.82. The maximum atomic E-state index is 11.8. The number of hydrogen-bond acceptors (Lipinski definition) is 4. The van der Waals surface area contributed by atoms with Crippen LogP contribution in [-0.2, 0) is 0 Å². The summed E-state index contributed by atoms with van der Waals surface area (Å²) in [5.41, 5.74) is 0.360. The topological polar surface area (TPSA) is 78.9 Å². The van der Waals surface area contributed by atoms with Gasteiger partial charge in [0, 0.05) is 6.20 Å². The third-order valence-corrected chi connectivity index (χ3v) is 2.71. The molecule has 0 bridgehead atoms. The largest absolute Gasteiger partial charge is 0.493 e. The Morgan fingerprint density at radius 2 is 2.11 bits per heavy atom. The Balaban J connectivity index is 2.55. The first-order chi connectivity index (χ1) is 8.49. The summed E-state index contributed by atoms with van der Waals surface area (Å²) < 4.78 is 0. The summed E-state index contributed by atoms with van der Waals surface area (Å²) in [7, 11) is 0. The van der Waals surface area contributed by atoms with Gasteiger partial charge in [0.1, 0.15) is 5.69 Å². The Hall–Kier alpha value is -1.88. The molecule has 2 N–H and O–H groups in total. The zero-order valence-corrected chi connectivity index (χ0v) is 10.7. The minimum atomic E-state index is -0.357. The number of rotatable bonds is 2. The molecule has 0 aliphatic rings. The van der Waals surface area contributed by atoms with Crippen LogP contribution in [0.25, 0.3) is 11.5 Å². The van der Waals surface area contributed by atoms with Crippen molar-refractivity contribution in [2.45, 2.75) is 19.8 Å². The number of nitrogens with zero attached hydrogens (tertiary/aromatic N) is 2. The molecule has 0 atom stereocenters. The fraction of sp³-hybridized carbons (Fsp3) is 0.250. The highest BCUT2D eigenvalue weighted by molar-refractivity contribution is 6.30.